The number of carbonyl (C=O) groups is 1. The lowest BCUT2D eigenvalue weighted by molar-refractivity contribution is 0.0697. The summed E-state index contributed by atoms with van der Waals surface area (Å²) in [4.78, 5) is 11.0. The Morgan fingerprint density at radius 1 is 1.33 bits per heavy atom. The number of hydrogen-bond acceptors (Lipinski definition) is 2. The molecule has 1 aromatic carbocycles. The van der Waals surface area contributed by atoms with Crippen molar-refractivity contribution in [3.05, 3.63) is 42.1 Å². The highest BCUT2D eigenvalue weighted by atomic mass is 16.4. The van der Waals surface area contributed by atoms with Gasteiger partial charge in [-0.25, -0.2) is 4.79 Å². The van der Waals surface area contributed by atoms with E-state index in [9.17, 15) is 4.79 Å². The van der Waals surface area contributed by atoms with Gasteiger partial charge in [0, 0.05) is 18.8 Å². The van der Waals surface area contributed by atoms with Crippen molar-refractivity contribution < 1.29 is 9.90 Å². The van der Waals surface area contributed by atoms with Crippen molar-refractivity contribution in [3.63, 3.8) is 0 Å². The second-order valence-electron chi connectivity index (χ2n) is 3.23. The summed E-state index contributed by atoms with van der Waals surface area (Å²) in [7, 11) is 1.80. The average molecular weight is 202 g/mol. The quantitative estimate of drug-likeness (QED) is 0.807. The minimum atomic E-state index is -0.934. The largest absolute Gasteiger partial charge is 0.478 e. The Kier molecular flexibility index (Phi) is 2.25. The molecular formula is C11H10N2O2. The van der Waals surface area contributed by atoms with Gasteiger partial charge in [0.1, 0.15) is 0 Å². The molecule has 2 rings (SSSR count). The maximum Gasteiger partial charge on any atom is 0.336 e. The minimum absolute atomic E-state index is 0.274. The number of carboxylic acid groups (broad SMARTS) is 1. The van der Waals surface area contributed by atoms with Crippen LogP contribution in [-0.4, -0.2) is 20.9 Å². The van der Waals surface area contributed by atoms with E-state index in [1.165, 1.54) is 0 Å². The molecule has 2 aromatic rings. The summed E-state index contributed by atoms with van der Waals surface area (Å²) < 4.78 is 1.65. The van der Waals surface area contributed by atoms with E-state index >= 15 is 0 Å². The highest BCUT2D eigenvalue weighted by molar-refractivity contribution is 5.95. The van der Waals surface area contributed by atoms with Gasteiger partial charge in [0.25, 0.3) is 0 Å². The summed E-state index contributed by atoms with van der Waals surface area (Å²) in [5.41, 5.74) is 1.59. The highest BCUT2D eigenvalue weighted by Crippen LogP contribution is 2.21. The lowest BCUT2D eigenvalue weighted by Crippen LogP contribution is -1.99. The Balaban J connectivity index is 2.57. The van der Waals surface area contributed by atoms with Crippen molar-refractivity contribution in [1.29, 1.82) is 0 Å². The first kappa shape index (κ1) is 9.45. The molecule has 1 heterocycles. The van der Waals surface area contributed by atoms with E-state index in [-0.39, 0.29) is 5.56 Å². The molecule has 15 heavy (non-hydrogen) atoms. The Labute approximate surface area is 86.8 Å². The van der Waals surface area contributed by atoms with Crippen molar-refractivity contribution in [2.24, 2.45) is 7.05 Å². The van der Waals surface area contributed by atoms with E-state index in [4.69, 9.17) is 5.11 Å². The van der Waals surface area contributed by atoms with E-state index in [2.05, 4.69) is 5.10 Å². The van der Waals surface area contributed by atoms with Gasteiger partial charge in [-0.1, -0.05) is 18.2 Å². The molecule has 0 saturated heterocycles. The number of aryl methyl sites for hydroxylation is 1. The predicted molar refractivity (Wildman–Crippen MR) is 55.6 cm³/mol. The molecule has 4 nitrogen and oxygen atoms in total. The Bertz CT molecular complexity index is 503. The smallest absolute Gasteiger partial charge is 0.336 e. The fraction of sp³-hybridized carbons (Fsp3) is 0.0909. The van der Waals surface area contributed by atoms with Crippen LogP contribution in [-0.2, 0) is 7.05 Å². The van der Waals surface area contributed by atoms with Crippen molar-refractivity contribution in [2.45, 2.75) is 0 Å². The van der Waals surface area contributed by atoms with Gasteiger partial charge in [0.05, 0.1) is 11.3 Å². The fourth-order valence-corrected chi connectivity index (χ4v) is 1.45. The van der Waals surface area contributed by atoms with Crippen molar-refractivity contribution in [1.82, 2.24) is 9.78 Å². The third-order valence-electron chi connectivity index (χ3n) is 2.15. The molecule has 0 unspecified atom stereocenters. The fourth-order valence-electron chi connectivity index (χ4n) is 1.45. The van der Waals surface area contributed by atoms with E-state index in [0.717, 1.165) is 0 Å². The lowest BCUT2D eigenvalue weighted by Gasteiger charge is -2.01. The van der Waals surface area contributed by atoms with Crippen LogP contribution >= 0.6 is 0 Å². The Hall–Kier alpha value is -2.10. The lowest BCUT2D eigenvalue weighted by atomic mass is 10.1. The van der Waals surface area contributed by atoms with Gasteiger partial charge in [-0.05, 0) is 12.1 Å². The van der Waals surface area contributed by atoms with Crippen molar-refractivity contribution >= 4 is 5.97 Å². The summed E-state index contributed by atoms with van der Waals surface area (Å²) in [5, 5.41) is 13.2. The van der Waals surface area contributed by atoms with E-state index in [0.29, 0.717) is 11.3 Å². The van der Waals surface area contributed by atoms with Gasteiger partial charge < -0.3 is 5.11 Å². The summed E-state index contributed by atoms with van der Waals surface area (Å²) in [6.07, 6.45) is 1.79. The Morgan fingerprint density at radius 2 is 2.07 bits per heavy atom. The minimum Gasteiger partial charge on any atom is -0.478 e. The topological polar surface area (TPSA) is 55.1 Å². The zero-order chi connectivity index (χ0) is 10.8. The molecule has 0 amide bonds. The second-order valence-corrected chi connectivity index (χ2v) is 3.23. The molecule has 1 N–H and O–H groups in total. The van der Waals surface area contributed by atoms with Gasteiger partial charge >= 0.3 is 5.97 Å². The standard InChI is InChI=1S/C11H10N2O2/c1-13-7-6-10(12-13)8-4-2-3-5-9(8)11(14)15/h2-7H,1H3,(H,14,15). The Morgan fingerprint density at radius 3 is 2.67 bits per heavy atom. The van der Waals surface area contributed by atoms with Gasteiger partial charge in [0.2, 0.25) is 0 Å². The van der Waals surface area contributed by atoms with Crippen LogP contribution in [0.15, 0.2) is 36.5 Å². The highest BCUT2D eigenvalue weighted by Gasteiger charge is 2.11. The molecule has 0 fully saturated rings. The third kappa shape index (κ3) is 1.74. The maximum absolute atomic E-state index is 11.0. The molecule has 0 atom stereocenters. The van der Waals surface area contributed by atoms with Gasteiger partial charge in [-0.3, -0.25) is 4.68 Å². The maximum atomic E-state index is 11.0. The van der Waals surface area contributed by atoms with Gasteiger partial charge in [-0.2, -0.15) is 5.10 Å². The predicted octanol–water partition coefficient (Wildman–Crippen LogP) is 1.79. The van der Waals surface area contributed by atoms with Gasteiger partial charge in [0.15, 0.2) is 0 Å². The molecule has 0 bridgehead atoms. The molecule has 0 radical (unpaired) electrons. The van der Waals surface area contributed by atoms with E-state index in [1.807, 2.05) is 0 Å². The van der Waals surface area contributed by atoms with Crippen LogP contribution in [0, 0.1) is 0 Å². The summed E-state index contributed by atoms with van der Waals surface area (Å²) in [5.74, 6) is -0.934. The molecule has 0 aliphatic rings. The van der Waals surface area contributed by atoms with Crippen LogP contribution in [0.1, 0.15) is 10.4 Å². The number of carboxylic acids is 1. The summed E-state index contributed by atoms with van der Waals surface area (Å²) >= 11 is 0. The first-order valence-electron chi connectivity index (χ1n) is 4.51. The molecule has 0 aliphatic heterocycles. The van der Waals surface area contributed by atoms with Crippen LogP contribution in [0.5, 0.6) is 0 Å². The molecule has 76 valence electrons. The number of nitrogens with zero attached hydrogens (tertiary/aromatic N) is 2. The zero-order valence-corrected chi connectivity index (χ0v) is 8.21. The molecule has 0 aliphatic carbocycles. The normalized spacial score (nSPS) is 10.2. The third-order valence-corrected chi connectivity index (χ3v) is 2.15. The monoisotopic (exact) mass is 202 g/mol. The zero-order valence-electron chi connectivity index (χ0n) is 8.21. The molecule has 4 heteroatoms. The number of benzene rings is 1. The molecule has 0 spiro atoms. The van der Waals surface area contributed by atoms with Crippen LogP contribution in [0.2, 0.25) is 0 Å². The summed E-state index contributed by atoms with van der Waals surface area (Å²) in [6, 6.07) is 8.63. The molecule has 0 saturated carbocycles. The summed E-state index contributed by atoms with van der Waals surface area (Å²) in [6.45, 7) is 0. The van der Waals surface area contributed by atoms with Crippen LogP contribution in [0.4, 0.5) is 0 Å². The number of hydrogen-bond donors (Lipinski definition) is 1. The molecular weight excluding hydrogens is 192 g/mol. The first-order valence-corrected chi connectivity index (χ1v) is 4.51. The van der Waals surface area contributed by atoms with Gasteiger partial charge in [-0.15, -0.1) is 0 Å². The second kappa shape index (κ2) is 3.57. The van der Waals surface area contributed by atoms with E-state index < -0.39 is 5.97 Å². The van der Waals surface area contributed by atoms with Crippen LogP contribution in [0.3, 0.4) is 0 Å². The SMILES string of the molecule is Cn1ccc(-c2ccccc2C(=O)O)n1. The van der Waals surface area contributed by atoms with Crippen LogP contribution in [0.25, 0.3) is 11.3 Å². The number of rotatable bonds is 2. The molecule has 1 aromatic heterocycles. The van der Waals surface area contributed by atoms with Crippen molar-refractivity contribution in [2.75, 3.05) is 0 Å². The van der Waals surface area contributed by atoms with Crippen molar-refractivity contribution in [3.8, 4) is 11.3 Å². The number of aromatic nitrogens is 2. The average Bonchev–Trinajstić information content (AvgIpc) is 2.65. The number of aromatic carboxylic acids is 1. The van der Waals surface area contributed by atoms with E-state index in [1.54, 1.807) is 48.3 Å². The first-order chi connectivity index (χ1) is 7.18. The van der Waals surface area contributed by atoms with Crippen LogP contribution < -0.4 is 0 Å².